The molecule has 20 heavy (non-hydrogen) atoms. The van der Waals surface area contributed by atoms with Crippen molar-refractivity contribution < 1.29 is 4.52 Å². The lowest BCUT2D eigenvalue weighted by atomic mass is 10.2. The van der Waals surface area contributed by atoms with Gasteiger partial charge in [0.2, 0.25) is 11.7 Å². The molecule has 0 aliphatic heterocycles. The minimum absolute atomic E-state index is 0.0460. The molecule has 3 rings (SSSR count). The zero-order valence-corrected chi connectivity index (χ0v) is 11.4. The predicted octanol–water partition coefficient (Wildman–Crippen LogP) is 2.64. The summed E-state index contributed by atoms with van der Waals surface area (Å²) in [7, 11) is 0. The third kappa shape index (κ3) is 2.32. The van der Waals surface area contributed by atoms with Crippen LogP contribution in [0.25, 0.3) is 11.5 Å². The molecule has 0 radical (unpaired) electrons. The zero-order chi connectivity index (χ0) is 13.9. The van der Waals surface area contributed by atoms with Gasteiger partial charge in [0, 0.05) is 12.4 Å². The maximum atomic E-state index is 5.38. The van der Waals surface area contributed by atoms with Gasteiger partial charge < -0.3 is 9.09 Å². The normalized spacial score (nSPS) is 12.5. The van der Waals surface area contributed by atoms with Gasteiger partial charge in [-0.3, -0.25) is 0 Å². The molecule has 0 aliphatic carbocycles. The molecular formula is C14H15N5O. The van der Waals surface area contributed by atoms with Gasteiger partial charge >= 0.3 is 0 Å². The van der Waals surface area contributed by atoms with E-state index in [1.807, 2.05) is 43.6 Å². The van der Waals surface area contributed by atoms with E-state index in [0.29, 0.717) is 17.4 Å². The van der Waals surface area contributed by atoms with E-state index < -0.39 is 0 Å². The fourth-order valence-electron chi connectivity index (χ4n) is 2.06. The Kier molecular flexibility index (Phi) is 3.28. The Hall–Kier alpha value is -2.50. The Morgan fingerprint density at radius 1 is 1.20 bits per heavy atom. The Morgan fingerprint density at radius 3 is 2.65 bits per heavy atom. The van der Waals surface area contributed by atoms with Crippen molar-refractivity contribution in [2.75, 3.05) is 0 Å². The van der Waals surface area contributed by atoms with Crippen molar-refractivity contribution in [2.45, 2.75) is 26.3 Å². The summed E-state index contributed by atoms with van der Waals surface area (Å²) in [6.07, 6.45) is 4.85. The Morgan fingerprint density at radius 2 is 2.00 bits per heavy atom. The fraction of sp³-hybridized carbons (Fsp3) is 0.286. The summed E-state index contributed by atoms with van der Waals surface area (Å²) < 4.78 is 7.43. The van der Waals surface area contributed by atoms with E-state index >= 15 is 0 Å². The van der Waals surface area contributed by atoms with Gasteiger partial charge in [-0.05, 0) is 37.6 Å². The third-order valence-electron chi connectivity index (χ3n) is 3.13. The van der Waals surface area contributed by atoms with Gasteiger partial charge in [-0.25, -0.2) is 0 Å². The summed E-state index contributed by atoms with van der Waals surface area (Å²) in [5.41, 5.74) is 1.48. The second kappa shape index (κ2) is 5.24. The van der Waals surface area contributed by atoms with E-state index in [2.05, 4.69) is 31.8 Å². The average Bonchev–Trinajstić information content (AvgIpc) is 3.12. The van der Waals surface area contributed by atoms with Crippen molar-refractivity contribution in [3.8, 4) is 11.5 Å². The zero-order valence-electron chi connectivity index (χ0n) is 11.4. The summed E-state index contributed by atoms with van der Waals surface area (Å²) in [5.74, 6) is 1.05. The highest BCUT2D eigenvalue weighted by molar-refractivity contribution is 5.46. The van der Waals surface area contributed by atoms with Crippen molar-refractivity contribution in [3.05, 3.63) is 48.2 Å². The summed E-state index contributed by atoms with van der Waals surface area (Å²) in [4.78, 5) is 4.44. The van der Waals surface area contributed by atoms with E-state index in [0.717, 1.165) is 12.1 Å². The van der Waals surface area contributed by atoms with Crippen LogP contribution >= 0.6 is 0 Å². The van der Waals surface area contributed by atoms with Gasteiger partial charge in [0.25, 0.3) is 0 Å². The minimum atomic E-state index is 0.0460. The van der Waals surface area contributed by atoms with E-state index in [4.69, 9.17) is 4.52 Å². The monoisotopic (exact) mass is 269 g/mol. The van der Waals surface area contributed by atoms with Crippen LogP contribution < -0.4 is 0 Å². The first kappa shape index (κ1) is 12.5. The van der Waals surface area contributed by atoms with Gasteiger partial charge in [0.15, 0.2) is 0 Å². The molecule has 0 unspecified atom stereocenters. The summed E-state index contributed by atoms with van der Waals surface area (Å²) >= 11 is 0. The number of rotatable bonds is 4. The topological polar surface area (TPSA) is 69.6 Å². The van der Waals surface area contributed by atoms with E-state index in [1.165, 1.54) is 0 Å². The molecule has 0 saturated carbocycles. The van der Waals surface area contributed by atoms with Crippen LogP contribution in [0, 0.1) is 6.92 Å². The van der Waals surface area contributed by atoms with Crippen molar-refractivity contribution >= 4 is 0 Å². The predicted molar refractivity (Wildman–Crippen MR) is 72.9 cm³/mol. The first-order valence-electron chi connectivity index (χ1n) is 6.54. The third-order valence-corrected chi connectivity index (χ3v) is 3.13. The van der Waals surface area contributed by atoms with Gasteiger partial charge in [0.1, 0.15) is 11.7 Å². The van der Waals surface area contributed by atoms with Gasteiger partial charge in [0.05, 0.1) is 5.69 Å². The first-order chi connectivity index (χ1) is 9.78. The highest BCUT2D eigenvalue weighted by Crippen LogP contribution is 2.22. The lowest BCUT2D eigenvalue weighted by Crippen LogP contribution is -2.07. The van der Waals surface area contributed by atoms with Crippen LogP contribution in [-0.2, 0) is 0 Å². The van der Waals surface area contributed by atoms with Crippen LogP contribution in [0.2, 0.25) is 0 Å². The van der Waals surface area contributed by atoms with E-state index in [-0.39, 0.29) is 6.04 Å². The molecule has 0 saturated heterocycles. The maximum Gasteiger partial charge on any atom is 0.250 e. The second-order valence-corrected chi connectivity index (χ2v) is 4.57. The van der Waals surface area contributed by atoms with Gasteiger partial charge in [-0.15, -0.1) is 5.10 Å². The van der Waals surface area contributed by atoms with Crippen LogP contribution in [0.3, 0.4) is 0 Å². The highest BCUT2D eigenvalue weighted by Gasteiger charge is 2.19. The fourth-order valence-corrected chi connectivity index (χ4v) is 2.06. The summed E-state index contributed by atoms with van der Waals surface area (Å²) in [6, 6.07) is 7.72. The second-order valence-electron chi connectivity index (χ2n) is 4.57. The molecular weight excluding hydrogens is 254 g/mol. The van der Waals surface area contributed by atoms with Crippen LogP contribution in [0.1, 0.15) is 31.0 Å². The first-order valence-corrected chi connectivity index (χ1v) is 6.54. The Balaban J connectivity index is 1.91. The van der Waals surface area contributed by atoms with E-state index in [1.54, 1.807) is 0 Å². The van der Waals surface area contributed by atoms with Gasteiger partial charge in [-0.2, -0.15) is 10.1 Å². The summed E-state index contributed by atoms with van der Waals surface area (Å²) in [5, 5.41) is 12.1. The van der Waals surface area contributed by atoms with Crippen molar-refractivity contribution in [3.63, 3.8) is 0 Å². The molecule has 0 bridgehead atoms. The SMILES string of the molecule is CC[C@H](c1nc(-c2ccc(C)nn2)no1)n1cccc1. The molecule has 0 amide bonds. The van der Waals surface area contributed by atoms with Crippen LogP contribution in [0.4, 0.5) is 0 Å². The number of hydrogen-bond acceptors (Lipinski definition) is 5. The molecule has 102 valence electrons. The molecule has 6 nitrogen and oxygen atoms in total. The van der Waals surface area contributed by atoms with Crippen LogP contribution in [-0.4, -0.2) is 24.9 Å². The van der Waals surface area contributed by atoms with Crippen molar-refractivity contribution in [1.29, 1.82) is 0 Å². The molecule has 1 atom stereocenters. The average molecular weight is 269 g/mol. The number of aryl methyl sites for hydroxylation is 1. The molecule has 3 aromatic rings. The lowest BCUT2D eigenvalue weighted by molar-refractivity contribution is 0.333. The number of nitrogens with zero attached hydrogens (tertiary/aromatic N) is 5. The number of hydrogen-bond donors (Lipinski definition) is 0. The van der Waals surface area contributed by atoms with Crippen molar-refractivity contribution in [1.82, 2.24) is 24.9 Å². The van der Waals surface area contributed by atoms with Crippen molar-refractivity contribution in [2.24, 2.45) is 0 Å². The molecule has 0 aromatic carbocycles. The standard InChI is InChI=1S/C14H15N5O/c1-3-12(19-8-4-5-9-19)14-15-13(18-20-14)11-7-6-10(2)16-17-11/h4-9,12H,3H2,1-2H3/t12-/m1/s1. The smallest absolute Gasteiger partial charge is 0.250 e. The molecule has 0 spiro atoms. The van der Waals surface area contributed by atoms with Crippen LogP contribution in [0.15, 0.2) is 41.2 Å². The quantitative estimate of drug-likeness (QED) is 0.728. The van der Waals surface area contributed by atoms with Gasteiger partial charge in [-0.1, -0.05) is 12.1 Å². The van der Waals surface area contributed by atoms with Crippen LogP contribution in [0.5, 0.6) is 0 Å². The molecule has 3 aromatic heterocycles. The highest BCUT2D eigenvalue weighted by atomic mass is 16.5. The molecule has 3 heterocycles. The Bertz CT molecular complexity index is 672. The molecule has 0 N–H and O–H groups in total. The van der Waals surface area contributed by atoms with E-state index in [9.17, 15) is 0 Å². The molecule has 6 heteroatoms. The maximum absolute atomic E-state index is 5.38. The molecule has 0 fully saturated rings. The summed E-state index contributed by atoms with van der Waals surface area (Å²) in [6.45, 7) is 3.97. The minimum Gasteiger partial charge on any atom is -0.342 e. The largest absolute Gasteiger partial charge is 0.342 e. The number of aromatic nitrogens is 5. The molecule has 0 aliphatic rings. The Labute approximate surface area is 116 Å². The lowest BCUT2D eigenvalue weighted by Gasteiger charge is -2.11.